The zero-order valence-corrected chi connectivity index (χ0v) is 17.3. The minimum Gasteiger partial charge on any atom is -0.455 e. The molecule has 1 N–H and O–H groups in total. The predicted octanol–water partition coefficient (Wildman–Crippen LogP) is 3.79. The van der Waals surface area contributed by atoms with E-state index in [9.17, 15) is 23.3 Å². The van der Waals surface area contributed by atoms with Crippen LogP contribution in [0.2, 0.25) is 0 Å². The van der Waals surface area contributed by atoms with Gasteiger partial charge in [-0.2, -0.15) is 0 Å². The van der Waals surface area contributed by atoms with Crippen molar-refractivity contribution >= 4 is 33.0 Å². The summed E-state index contributed by atoms with van der Waals surface area (Å²) in [6.45, 7) is -0.570. The lowest BCUT2D eigenvalue weighted by Crippen LogP contribution is -2.37. The van der Waals surface area contributed by atoms with Crippen LogP contribution in [0.5, 0.6) is 11.5 Å². The number of anilines is 2. The first-order valence-electron chi connectivity index (χ1n) is 9.08. The third-order valence-corrected chi connectivity index (χ3v) is 5.29. The number of sulfonamides is 1. The molecule has 3 aromatic carbocycles. The standard InChI is InChI=1S/C21H19N3O6S/c1-31(28,29)23(16-8-7-9-17(14-16)24(26)27)15-21(25)22-19-12-5-6-13-20(19)30-18-10-3-2-4-11-18/h2-14H,15H2,1H3,(H,22,25). The second-order valence-electron chi connectivity index (χ2n) is 6.51. The van der Waals surface area contributed by atoms with Crippen molar-refractivity contribution in [2.24, 2.45) is 0 Å². The molecule has 0 spiro atoms. The van der Waals surface area contributed by atoms with Crippen molar-refractivity contribution in [1.82, 2.24) is 0 Å². The number of benzene rings is 3. The van der Waals surface area contributed by atoms with Crippen LogP contribution in [-0.4, -0.2) is 32.0 Å². The van der Waals surface area contributed by atoms with Crippen LogP contribution in [0.4, 0.5) is 17.1 Å². The van der Waals surface area contributed by atoms with Crippen LogP contribution in [0.25, 0.3) is 0 Å². The number of hydrogen-bond donors (Lipinski definition) is 1. The molecule has 0 aliphatic carbocycles. The van der Waals surface area contributed by atoms with E-state index in [2.05, 4.69) is 5.32 Å². The van der Waals surface area contributed by atoms with Crippen LogP contribution in [0.3, 0.4) is 0 Å². The van der Waals surface area contributed by atoms with Gasteiger partial charge in [0.15, 0.2) is 5.75 Å². The van der Waals surface area contributed by atoms with E-state index >= 15 is 0 Å². The van der Waals surface area contributed by atoms with Crippen molar-refractivity contribution in [2.45, 2.75) is 0 Å². The van der Waals surface area contributed by atoms with Crippen LogP contribution in [0, 0.1) is 10.1 Å². The lowest BCUT2D eigenvalue weighted by molar-refractivity contribution is -0.384. The molecule has 0 unspecified atom stereocenters. The van der Waals surface area contributed by atoms with E-state index in [1.807, 2.05) is 6.07 Å². The molecule has 0 saturated heterocycles. The van der Waals surface area contributed by atoms with Crippen molar-refractivity contribution in [3.63, 3.8) is 0 Å². The first-order valence-corrected chi connectivity index (χ1v) is 10.9. The first kappa shape index (κ1) is 21.8. The second-order valence-corrected chi connectivity index (χ2v) is 8.41. The van der Waals surface area contributed by atoms with Crippen molar-refractivity contribution in [1.29, 1.82) is 0 Å². The Morgan fingerprint density at radius 2 is 1.71 bits per heavy atom. The van der Waals surface area contributed by atoms with Crippen LogP contribution < -0.4 is 14.4 Å². The number of non-ortho nitro benzene ring substituents is 1. The molecule has 0 aliphatic heterocycles. The van der Waals surface area contributed by atoms with Gasteiger partial charge in [-0.05, 0) is 30.3 Å². The smallest absolute Gasteiger partial charge is 0.271 e. The number of para-hydroxylation sites is 3. The molecular formula is C21H19N3O6S. The summed E-state index contributed by atoms with van der Waals surface area (Å²) in [7, 11) is -3.89. The average Bonchev–Trinajstić information content (AvgIpc) is 2.73. The third kappa shape index (κ3) is 5.80. The summed E-state index contributed by atoms with van der Waals surface area (Å²) < 4.78 is 31.1. The topological polar surface area (TPSA) is 119 Å². The van der Waals surface area contributed by atoms with Gasteiger partial charge in [0.25, 0.3) is 5.69 Å². The summed E-state index contributed by atoms with van der Waals surface area (Å²) in [5.74, 6) is 0.308. The molecule has 0 radical (unpaired) electrons. The maximum absolute atomic E-state index is 12.7. The molecule has 0 saturated carbocycles. The van der Waals surface area contributed by atoms with E-state index in [0.29, 0.717) is 17.2 Å². The van der Waals surface area contributed by atoms with E-state index in [1.54, 1.807) is 48.5 Å². The molecule has 0 fully saturated rings. The second kappa shape index (κ2) is 9.26. The Hall–Kier alpha value is -3.92. The van der Waals surface area contributed by atoms with Crippen LogP contribution in [-0.2, 0) is 14.8 Å². The number of hydrogen-bond acceptors (Lipinski definition) is 6. The van der Waals surface area contributed by atoms with Gasteiger partial charge in [-0.3, -0.25) is 19.2 Å². The molecule has 0 atom stereocenters. The Morgan fingerprint density at radius 3 is 2.39 bits per heavy atom. The fraction of sp³-hybridized carbons (Fsp3) is 0.0952. The van der Waals surface area contributed by atoms with Gasteiger partial charge in [0.2, 0.25) is 15.9 Å². The van der Waals surface area contributed by atoms with Gasteiger partial charge in [-0.25, -0.2) is 8.42 Å². The van der Waals surface area contributed by atoms with Gasteiger partial charge in [0.05, 0.1) is 22.6 Å². The van der Waals surface area contributed by atoms with Crippen molar-refractivity contribution in [2.75, 3.05) is 22.4 Å². The zero-order valence-electron chi connectivity index (χ0n) is 16.5. The summed E-state index contributed by atoms with van der Waals surface area (Å²) in [6.07, 6.45) is 0.922. The minimum absolute atomic E-state index is 0.0145. The molecule has 9 nitrogen and oxygen atoms in total. The fourth-order valence-corrected chi connectivity index (χ4v) is 3.60. The van der Waals surface area contributed by atoms with Gasteiger partial charge in [0.1, 0.15) is 12.3 Å². The summed E-state index contributed by atoms with van der Waals surface area (Å²) in [5.41, 5.74) is 0.0812. The van der Waals surface area contributed by atoms with Crippen molar-refractivity contribution in [3.05, 3.63) is 89.0 Å². The van der Waals surface area contributed by atoms with E-state index in [-0.39, 0.29) is 11.4 Å². The quantitative estimate of drug-likeness (QED) is 0.420. The van der Waals surface area contributed by atoms with E-state index in [0.717, 1.165) is 16.6 Å². The molecule has 0 heterocycles. The molecule has 0 aliphatic rings. The van der Waals surface area contributed by atoms with Gasteiger partial charge < -0.3 is 10.1 Å². The number of nitro groups is 1. The zero-order chi connectivity index (χ0) is 22.4. The highest BCUT2D eigenvalue weighted by Gasteiger charge is 2.23. The summed E-state index contributed by atoms with van der Waals surface area (Å²) in [6, 6.07) is 20.8. The highest BCUT2D eigenvalue weighted by Crippen LogP contribution is 2.29. The Kier molecular flexibility index (Phi) is 6.51. The Morgan fingerprint density at radius 1 is 1.03 bits per heavy atom. The highest BCUT2D eigenvalue weighted by atomic mass is 32.2. The van der Waals surface area contributed by atoms with E-state index in [4.69, 9.17) is 4.74 Å². The summed E-state index contributed by atoms with van der Waals surface area (Å²) in [5, 5.41) is 13.7. The molecule has 0 aromatic heterocycles. The van der Waals surface area contributed by atoms with Gasteiger partial charge in [0, 0.05) is 12.1 Å². The van der Waals surface area contributed by atoms with Crippen LogP contribution >= 0.6 is 0 Å². The molecule has 0 bridgehead atoms. The first-order chi connectivity index (χ1) is 14.7. The normalized spacial score (nSPS) is 10.9. The van der Waals surface area contributed by atoms with Gasteiger partial charge in [-0.1, -0.05) is 36.4 Å². The molecule has 10 heteroatoms. The highest BCUT2D eigenvalue weighted by molar-refractivity contribution is 7.92. The Labute approximate surface area is 179 Å². The van der Waals surface area contributed by atoms with Crippen LogP contribution in [0.1, 0.15) is 0 Å². The van der Waals surface area contributed by atoms with Crippen LogP contribution in [0.15, 0.2) is 78.9 Å². The molecule has 1 amide bonds. The number of nitro benzene ring substituents is 1. The predicted molar refractivity (Wildman–Crippen MR) is 117 cm³/mol. The Bertz CT molecular complexity index is 1200. The molecule has 160 valence electrons. The number of carbonyl (C=O) groups is 1. The van der Waals surface area contributed by atoms with Gasteiger partial charge >= 0.3 is 0 Å². The van der Waals surface area contributed by atoms with Crippen molar-refractivity contribution in [3.8, 4) is 11.5 Å². The monoisotopic (exact) mass is 441 g/mol. The number of carbonyl (C=O) groups excluding carboxylic acids is 1. The maximum atomic E-state index is 12.7. The minimum atomic E-state index is -3.89. The van der Waals surface area contributed by atoms with E-state index in [1.165, 1.54) is 18.2 Å². The molecular weight excluding hydrogens is 422 g/mol. The maximum Gasteiger partial charge on any atom is 0.271 e. The molecule has 3 aromatic rings. The number of nitrogens with zero attached hydrogens (tertiary/aromatic N) is 2. The number of amides is 1. The SMILES string of the molecule is CS(=O)(=O)N(CC(=O)Nc1ccccc1Oc1ccccc1)c1cccc([N+](=O)[O-])c1. The lowest BCUT2D eigenvalue weighted by atomic mass is 10.2. The molecule has 3 rings (SSSR count). The average molecular weight is 441 g/mol. The third-order valence-electron chi connectivity index (χ3n) is 4.15. The van der Waals surface area contributed by atoms with Crippen molar-refractivity contribution < 1.29 is 22.9 Å². The van der Waals surface area contributed by atoms with E-state index < -0.39 is 27.4 Å². The summed E-state index contributed by atoms with van der Waals surface area (Å²) in [4.78, 5) is 23.0. The summed E-state index contributed by atoms with van der Waals surface area (Å²) >= 11 is 0. The number of rotatable bonds is 8. The van der Waals surface area contributed by atoms with Gasteiger partial charge in [-0.15, -0.1) is 0 Å². The largest absolute Gasteiger partial charge is 0.455 e. The number of nitrogens with one attached hydrogen (secondary N) is 1. The molecule has 31 heavy (non-hydrogen) atoms. The number of ether oxygens (including phenoxy) is 1. The lowest BCUT2D eigenvalue weighted by Gasteiger charge is -2.22. The Balaban J connectivity index is 1.81. The fourth-order valence-electron chi connectivity index (χ4n) is 2.76.